The van der Waals surface area contributed by atoms with Crippen molar-refractivity contribution in [3.05, 3.63) is 59.2 Å². The lowest BCUT2D eigenvalue weighted by atomic mass is 10.00. The summed E-state index contributed by atoms with van der Waals surface area (Å²) in [7, 11) is 3.36. The highest BCUT2D eigenvalue weighted by molar-refractivity contribution is 8.00. The van der Waals surface area contributed by atoms with Gasteiger partial charge in [0.15, 0.2) is 6.29 Å². The Hall–Kier alpha value is -3.09. The Labute approximate surface area is 234 Å². The number of carbonyl (C=O) groups is 2. The molecule has 1 unspecified atom stereocenters. The molecule has 7 nitrogen and oxygen atoms in total. The number of amides is 1. The van der Waals surface area contributed by atoms with Crippen LogP contribution in [-0.4, -0.2) is 55.3 Å². The van der Waals surface area contributed by atoms with Crippen molar-refractivity contribution < 1.29 is 22.8 Å². The van der Waals surface area contributed by atoms with E-state index in [9.17, 15) is 18.0 Å². The van der Waals surface area contributed by atoms with E-state index in [0.29, 0.717) is 17.5 Å². The molecular formula is C27H32F3N5O2S2. The molecule has 1 amide bonds. The fourth-order valence-corrected chi connectivity index (χ4v) is 6.24. The fourth-order valence-electron chi connectivity index (χ4n) is 3.89. The second kappa shape index (κ2) is 14.3. The molecule has 4 heterocycles. The van der Waals surface area contributed by atoms with Gasteiger partial charge >= 0.3 is 6.18 Å². The van der Waals surface area contributed by atoms with Crippen LogP contribution in [0.1, 0.15) is 35.1 Å². The number of hydrogen-bond acceptors (Lipinski definition) is 8. The fraction of sp³-hybridized carbons (Fsp3) is 0.370. The summed E-state index contributed by atoms with van der Waals surface area (Å²) >= 11 is 3.41. The number of thiophene rings is 1. The Morgan fingerprint density at radius 3 is 2.18 bits per heavy atom. The number of nitrogens with one attached hydrogen (secondary N) is 3. The highest BCUT2D eigenvalue weighted by Crippen LogP contribution is 2.45. The highest BCUT2D eigenvalue weighted by atomic mass is 32.2. The third-order valence-electron chi connectivity index (χ3n) is 6.15. The number of rotatable bonds is 5. The van der Waals surface area contributed by atoms with Crippen LogP contribution in [0.3, 0.4) is 0 Å². The Morgan fingerprint density at radius 2 is 1.69 bits per heavy atom. The normalized spacial score (nSPS) is 16.9. The number of aldehydes is 1. The van der Waals surface area contributed by atoms with Crippen LogP contribution in [0.2, 0.25) is 0 Å². The van der Waals surface area contributed by atoms with Crippen molar-refractivity contribution in [3.63, 3.8) is 0 Å². The Morgan fingerprint density at radius 1 is 1.05 bits per heavy atom. The van der Waals surface area contributed by atoms with E-state index >= 15 is 0 Å². The van der Waals surface area contributed by atoms with Crippen LogP contribution in [0.5, 0.6) is 0 Å². The molecule has 2 aliphatic rings. The standard InChI is InChI=1S/C13H11F3N2.C12H16N2OS2.C2H5NO/c1-17-11-5-2-9(3-6-11)10-4-7-12(18-8-10)13(14,15)16;1-8-2-4-14(5-3-8)12-13-11-10(17-12)6-9(7-15)16-11;1-3-2-4/h2-8,17H,1H3;6-8,12-13H,2-5H2,1H3;2H,1H3,(H,3,4). The Balaban J connectivity index is 0.000000190. The molecule has 1 fully saturated rings. The second-order valence-corrected chi connectivity index (χ2v) is 11.2. The van der Waals surface area contributed by atoms with Gasteiger partial charge in [-0.2, -0.15) is 13.2 Å². The maximum atomic E-state index is 12.3. The molecule has 0 saturated carbocycles. The van der Waals surface area contributed by atoms with Crippen molar-refractivity contribution in [1.82, 2.24) is 15.2 Å². The number of anilines is 2. The number of fused-ring (bicyclic) bond motifs is 1. The molecule has 2 aromatic heterocycles. The van der Waals surface area contributed by atoms with Gasteiger partial charge in [0.2, 0.25) is 6.41 Å². The minimum absolute atomic E-state index is 0.379. The van der Waals surface area contributed by atoms with Gasteiger partial charge in [-0.1, -0.05) is 36.9 Å². The maximum Gasteiger partial charge on any atom is 0.433 e. The molecule has 0 radical (unpaired) electrons. The van der Waals surface area contributed by atoms with Crippen molar-refractivity contribution in [2.24, 2.45) is 5.92 Å². The van der Waals surface area contributed by atoms with Crippen molar-refractivity contribution in [1.29, 1.82) is 0 Å². The van der Waals surface area contributed by atoms with E-state index in [2.05, 4.69) is 32.8 Å². The van der Waals surface area contributed by atoms with E-state index in [1.165, 1.54) is 48.1 Å². The number of benzene rings is 1. The van der Waals surface area contributed by atoms with Gasteiger partial charge in [0.25, 0.3) is 0 Å². The van der Waals surface area contributed by atoms with Crippen LogP contribution >= 0.6 is 23.1 Å². The molecule has 0 spiro atoms. The van der Waals surface area contributed by atoms with Gasteiger partial charge in [0.1, 0.15) is 16.2 Å². The van der Waals surface area contributed by atoms with Gasteiger partial charge in [-0.25, -0.2) is 0 Å². The first-order valence-corrected chi connectivity index (χ1v) is 14.1. The van der Waals surface area contributed by atoms with E-state index < -0.39 is 11.9 Å². The number of carbonyl (C=O) groups excluding carboxylic acids is 2. The molecule has 5 rings (SSSR count). The van der Waals surface area contributed by atoms with Gasteiger partial charge in [0.05, 0.1) is 4.88 Å². The zero-order valence-corrected chi connectivity index (χ0v) is 23.6. The van der Waals surface area contributed by atoms with Crippen LogP contribution < -0.4 is 16.0 Å². The minimum atomic E-state index is -4.39. The van der Waals surface area contributed by atoms with Gasteiger partial charge in [-0.3, -0.25) is 19.5 Å². The van der Waals surface area contributed by atoms with Gasteiger partial charge in [0, 0.05) is 49.5 Å². The first-order valence-electron chi connectivity index (χ1n) is 12.4. The second-order valence-electron chi connectivity index (χ2n) is 8.96. The molecule has 210 valence electrons. The topological polar surface area (TPSA) is 86.4 Å². The smallest absolute Gasteiger partial charge is 0.388 e. The summed E-state index contributed by atoms with van der Waals surface area (Å²) in [6, 6.07) is 11.8. The molecule has 39 heavy (non-hydrogen) atoms. The lowest BCUT2D eigenvalue weighted by Crippen LogP contribution is -2.41. The summed E-state index contributed by atoms with van der Waals surface area (Å²) in [5.41, 5.74) is 1.93. The quantitative estimate of drug-likeness (QED) is 0.308. The summed E-state index contributed by atoms with van der Waals surface area (Å²) in [6.07, 6.45) is 0.993. The first kappa shape index (κ1) is 30.5. The molecule has 3 aromatic rings. The molecular weight excluding hydrogens is 547 g/mol. The van der Waals surface area contributed by atoms with Gasteiger partial charge in [-0.15, -0.1) is 11.3 Å². The highest BCUT2D eigenvalue weighted by Gasteiger charge is 2.32. The number of aromatic nitrogens is 1. The van der Waals surface area contributed by atoms with Crippen LogP contribution in [-0.2, 0) is 11.0 Å². The summed E-state index contributed by atoms with van der Waals surface area (Å²) in [4.78, 5) is 27.8. The largest absolute Gasteiger partial charge is 0.433 e. The van der Waals surface area contributed by atoms with Crippen molar-refractivity contribution in [2.45, 2.75) is 36.3 Å². The molecule has 3 N–H and O–H groups in total. The zero-order valence-electron chi connectivity index (χ0n) is 21.9. The Bertz CT molecular complexity index is 1170. The van der Waals surface area contributed by atoms with Crippen LogP contribution in [0.4, 0.5) is 23.9 Å². The number of alkyl halides is 3. The number of halogens is 3. The third-order valence-corrected chi connectivity index (χ3v) is 8.49. The maximum absolute atomic E-state index is 12.3. The predicted molar refractivity (Wildman–Crippen MR) is 152 cm³/mol. The third kappa shape index (κ3) is 8.70. The van der Waals surface area contributed by atoms with Crippen molar-refractivity contribution >= 4 is 46.5 Å². The molecule has 2 aliphatic heterocycles. The average Bonchev–Trinajstić information content (AvgIpc) is 3.53. The van der Waals surface area contributed by atoms with Crippen LogP contribution in [0.25, 0.3) is 11.1 Å². The monoisotopic (exact) mass is 579 g/mol. The van der Waals surface area contributed by atoms with Crippen LogP contribution in [0, 0.1) is 5.92 Å². The van der Waals surface area contributed by atoms with E-state index in [1.807, 2.05) is 42.1 Å². The summed E-state index contributed by atoms with van der Waals surface area (Å²) in [6.45, 7) is 4.70. The number of thioether (sulfide) groups is 1. The molecule has 1 aromatic carbocycles. The van der Waals surface area contributed by atoms with E-state index in [4.69, 9.17) is 4.79 Å². The number of piperidine rings is 1. The van der Waals surface area contributed by atoms with Crippen molar-refractivity contribution in [2.75, 3.05) is 37.8 Å². The van der Waals surface area contributed by atoms with E-state index in [0.717, 1.165) is 34.4 Å². The molecule has 1 atom stereocenters. The number of nitrogens with zero attached hydrogens (tertiary/aromatic N) is 2. The summed E-state index contributed by atoms with van der Waals surface area (Å²) < 4.78 is 37.0. The van der Waals surface area contributed by atoms with Crippen LogP contribution in [0.15, 0.2) is 53.6 Å². The number of likely N-dealkylation sites (tertiary alicyclic amines) is 1. The first-order chi connectivity index (χ1) is 18.7. The zero-order chi connectivity index (χ0) is 28.4. The van der Waals surface area contributed by atoms with E-state index in [1.54, 1.807) is 25.4 Å². The molecule has 0 bridgehead atoms. The lowest BCUT2D eigenvalue weighted by Gasteiger charge is -2.34. The molecule has 0 aliphatic carbocycles. The van der Waals surface area contributed by atoms with Gasteiger partial charge < -0.3 is 16.0 Å². The average molecular weight is 580 g/mol. The van der Waals surface area contributed by atoms with E-state index in [-0.39, 0.29) is 0 Å². The summed E-state index contributed by atoms with van der Waals surface area (Å²) in [5.74, 6) is 0.869. The SMILES string of the molecule is CC1CCN(C2Nc3sc(C=O)cc3S2)CC1.CNC=O.CNc1ccc(-c2ccc(C(F)(F)F)nc2)cc1. The lowest BCUT2D eigenvalue weighted by molar-refractivity contribution is -0.141. The number of hydrogen-bond donors (Lipinski definition) is 3. The van der Waals surface area contributed by atoms with Gasteiger partial charge in [-0.05, 0) is 48.6 Å². The molecule has 1 saturated heterocycles. The predicted octanol–water partition coefficient (Wildman–Crippen LogP) is 6.27. The molecule has 12 heteroatoms. The summed E-state index contributed by atoms with van der Waals surface area (Å²) in [5, 5.41) is 9.91. The number of pyridine rings is 1. The Kier molecular flexibility index (Phi) is 11.2. The minimum Gasteiger partial charge on any atom is -0.388 e. The van der Waals surface area contributed by atoms with Crippen molar-refractivity contribution in [3.8, 4) is 11.1 Å².